The molecule has 9 heavy (non-hydrogen) atoms. The minimum absolute atomic E-state index is 1.24. The van der Waals surface area contributed by atoms with E-state index in [4.69, 9.17) is 0 Å². The highest BCUT2D eigenvalue weighted by Crippen LogP contribution is 2.24. The molecule has 0 bridgehead atoms. The molecule has 1 radical (unpaired) electrons. The van der Waals surface area contributed by atoms with Crippen molar-refractivity contribution in [3.63, 3.8) is 0 Å². The smallest absolute Gasteiger partial charge is 0.0309 e. The molecule has 0 aromatic rings. The van der Waals surface area contributed by atoms with Gasteiger partial charge in [0, 0.05) is 5.25 Å². The number of rotatable bonds is 5. The highest BCUT2D eigenvalue weighted by Gasteiger charge is 2.02. The van der Waals surface area contributed by atoms with Crippen LogP contribution in [-0.2, 0) is 0 Å². The maximum absolute atomic E-state index is 2.23. The van der Waals surface area contributed by atoms with Gasteiger partial charge < -0.3 is 0 Å². The van der Waals surface area contributed by atoms with E-state index in [1.165, 1.54) is 18.6 Å². The fraction of sp³-hybridized carbons (Fsp3) is 0.857. The Morgan fingerprint density at radius 2 is 2.00 bits per heavy atom. The van der Waals surface area contributed by atoms with Gasteiger partial charge in [-0.05, 0) is 31.1 Å². The summed E-state index contributed by atoms with van der Waals surface area (Å²) in [5.41, 5.74) is 0. The Morgan fingerprint density at radius 1 is 1.33 bits per heavy atom. The van der Waals surface area contributed by atoms with Gasteiger partial charge in [0.2, 0.25) is 0 Å². The monoisotopic (exact) mass is 163 g/mol. The first-order valence-corrected chi connectivity index (χ1v) is 5.84. The molecule has 0 nitrogen and oxygen atoms in total. The fourth-order valence-electron chi connectivity index (χ4n) is 0.639. The molecular formula is C7H15S2. The summed E-state index contributed by atoms with van der Waals surface area (Å²) in [6, 6.07) is 0. The average Bonchev–Trinajstić information content (AvgIpc) is 1.91. The Kier molecular flexibility index (Phi) is 7.34. The summed E-state index contributed by atoms with van der Waals surface area (Å²) in [5.74, 6) is 1.28. The molecule has 0 spiro atoms. The largest absolute Gasteiger partial charge is 0.165 e. The topological polar surface area (TPSA) is 0 Å². The molecule has 0 saturated heterocycles. The Balaban J connectivity index is 3.09. The molecule has 0 aliphatic rings. The van der Waals surface area contributed by atoms with Gasteiger partial charge in [0.25, 0.3) is 0 Å². The molecule has 2 heteroatoms. The molecule has 55 valence electrons. The third-order valence-electron chi connectivity index (χ3n) is 1.27. The summed E-state index contributed by atoms with van der Waals surface area (Å²) >= 11 is 3.84. The van der Waals surface area contributed by atoms with Gasteiger partial charge >= 0.3 is 0 Å². The summed E-state index contributed by atoms with van der Waals surface area (Å²) in [5, 5.41) is 1.63. The van der Waals surface area contributed by atoms with E-state index in [0.717, 1.165) is 0 Å². The van der Waals surface area contributed by atoms with Crippen molar-refractivity contribution in [1.29, 1.82) is 0 Å². The number of hydrogen-bond donors (Lipinski definition) is 0. The van der Waals surface area contributed by atoms with Crippen LogP contribution in [0.5, 0.6) is 0 Å². The SMILES string of the molecule is CC[C](CCSC)SC. The predicted octanol–water partition coefficient (Wildman–Crippen LogP) is 3.04. The van der Waals surface area contributed by atoms with E-state index in [2.05, 4.69) is 19.4 Å². The Bertz CT molecular complexity index is 50.9. The molecule has 0 amide bonds. The molecule has 0 aromatic carbocycles. The van der Waals surface area contributed by atoms with Crippen molar-refractivity contribution in [3.05, 3.63) is 5.25 Å². The first-order valence-electron chi connectivity index (χ1n) is 3.22. The second-order valence-electron chi connectivity index (χ2n) is 1.84. The lowest BCUT2D eigenvalue weighted by molar-refractivity contribution is 0.943. The van der Waals surface area contributed by atoms with Crippen molar-refractivity contribution >= 4 is 23.5 Å². The molecule has 0 aliphatic heterocycles. The second kappa shape index (κ2) is 6.81. The molecule has 0 heterocycles. The third kappa shape index (κ3) is 5.16. The van der Waals surface area contributed by atoms with Crippen molar-refractivity contribution in [2.24, 2.45) is 0 Å². The number of thioether (sulfide) groups is 2. The number of hydrogen-bond acceptors (Lipinski definition) is 2. The third-order valence-corrected chi connectivity index (χ3v) is 2.95. The van der Waals surface area contributed by atoms with E-state index in [1.807, 2.05) is 23.5 Å². The van der Waals surface area contributed by atoms with E-state index in [0.29, 0.717) is 0 Å². The Labute approximate surface area is 67.2 Å². The second-order valence-corrected chi connectivity index (χ2v) is 3.81. The molecule has 0 aromatic heterocycles. The van der Waals surface area contributed by atoms with Crippen LogP contribution >= 0.6 is 23.5 Å². The fourth-order valence-corrected chi connectivity index (χ4v) is 1.81. The molecule has 0 fully saturated rings. The van der Waals surface area contributed by atoms with E-state index in [9.17, 15) is 0 Å². The lowest BCUT2D eigenvalue weighted by atomic mass is 10.3. The standard InChI is InChI=1S/C7H15S2/c1-4-7(9-3)5-6-8-2/h4-6H2,1-3H3. The van der Waals surface area contributed by atoms with E-state index in [1.54, 1.807) is 5.25 Å². The minimum Gasteiger partial charge on any atom is -0.165 e. The first-order chi connectivity index (χ1) is 4.35. The first kappa shape index (κ1) is 9.70. The van der Waals surface area contributed by atoms with Crippen LogP contribution in [0.4, 0.5) is 0 Å². The predicted molar refractivity (Wildman–Crippen MR) is 50.0 cm³/mol. The summed E-state index contributed by atoms with van der Waals surface area (Å²) in [6.07, 6.45) is 6.85. The summed E-state index contributed by atoms with van der Waals surface area (Å²) in [6.45, 7) is 2.23. The average molecular weight is 163 g/mol. The van der Waals surface area contributed by atoms with Gasteiger partial charge in [-0.15, -0.1) is 0 Å². The highest BCUT2D eigenvalue weighted by atomic mass is 32.2. The van der Waals surface area contributed by atoms with Crippen LogP contribution in [-0.4, -0.2) is 18.3 Å². The van der Waals surface area contributed by atoms with Gasteiger partial charge in [-0.2, -0.15) is 23.5 Å². The molecule has 0 atom stereocenters. The van der Waals surface area contributed by atoms with Crippen LogP contribution in [0.1, 0.15) is 19.8 Å². The maximum Gasteiger partial charge on any atom is 0.0309 e. The van der Waals surface area contributed by atoms with Gasteiger partial charge in [-0.1, -0.05) is 6.92 Å². The van der Waals surface area contributed by atoms with Crippen LogP contribution < -0.4 is 0 Å². The van der Waals surface area contributed by atoms with Gasteiger partial charge in [0.1, 0.15) is 0 Å². The molecular weight excluding hydrogens is 148 g/mol. The van der Waals surface area contributed by atoms with Gasteiger partial charge in [0.15, 0.2) is 0 Å². The zero-order chi connectivity index (χ0) is 7.11. The van der Waals surface area contributed by atoms with Crippen molar-refractivity contribution in [2.75, 3.05) is 18.3 Å². The van der Waals surface area contributed by atoms with Gasteiger partial charge in [-0.3, -0.25) is 0 Å². The summed E-state index contributed by atoms with van der Waals surface area (Å²) in [4.78, 5) is 0. The quantitative estimate of drug-likeness (QED) is 0.611. The molecule has 0 saturated carbocycles. The zero-order valence-corrected chi connectivity index (χ0v) is 8.07. The van der Waals surface area contributed by atoms with E-state index < -0.39 is 0 Å². The lowest BCUT2D eigenvalue weighted by Gasteiger charge is -2.07. The van der Waals surface area contributed by atoms with Crippen molar-refractivity contribution < 1.29 is 0 Å². The Hall–Kier alpha value is 0.700. The molecule has 0 aliphatic carbocycles. The molecule has 0 N–H and O–H groups in total. The van der Waals surface area contributed by atoms with Crippen LogP contribution in [0.25, 0.3) is 0 Å². The summed E-state index contributed by atoms with van der Waals surface area (Å²) < 4.78 is 0. The zero-order valence-electron chi connectivity index (χ0n) is 6.44. The van der Waals surface area contributed by atoms with Crippen molar-refractivity contribution in [2.45, 2.75) is 19.8 Å². The van der Waals surface area contributed by atoms with E-state index in [-0.39, 0.29) is 0 Å². The van der Waals surface area contributed by atoms with Crippen LogP contribution in [0, 0.1) is 5.25 Å². The van der Waals surface area contributed by atoms with Gasteiger partial charge in [-0.25, -0.2) is 0 Å². The molecule has 0 unspecified atom stereocenters. The maximum atomic E-state index is 2.23. The normalized spacial score (nSPS) is 10.7. The minimum atomic E-state index is 1.24. The highest BCUT2D eigenvalue weighted by molar-refractivity contribution is 8.01. The molecule has 0 rings (SSSR count). The van der Waals surface area contributed by atoms with E-state index >= 15 is 0 Å². The van der Waals surface area contributed by atoms with Gasteiger partial charge in [0.05, 0.1) is 0 Å². The van der Waals surface area contributed by atoms with Crippen molar-refractivity contribution in [3.8, 4) is 0 Å². The van der Waals surface area contributed by atoms with Crippen molar-refractivity contribution in [1.82, 2.24) is 0 Å². The van der Waals surface area contributed by atoms with Crippen LogP contribution in [0.3, 0.4) is 0 Å². The van der Waals surface area contributed by atoms with Crippen LogP contribution in [0.15, 0.2) is 0 Å². The Morgan fingerprint density at radius 3 is 2.33 bits per heavy atom. The summed E-state index contributed by atoms with van der Waals surface area (Å²) in [7, 11) is 0. The lowest BCUT2D eigenvalue weighted by Crippen LogP contribution is -1.90. The van der Waals surface area contributed by atoms with Crippen LogP contribution in [0.2, 0.25) is 0 Å².